The first-order valence-corrected chi connectivity index (χ1v) is 13.5. The van der Waals surface area contributed by atoms with Crippen molar-refractivity contribution >= 4 is 31.5 Å². The number of hydrogen-bond acceptors (Lipinski definition) is 1. The summed E-state index contributed by atoms with van der Waals surface area (Å²) in [7, 11) is 0. The van der Waals surface area contributed by atoms with Crippen molar-refractivity contribution in [2.24, 2.45) is 0 Å². The zero-order valence-electron chi connectivity index (χ0n) is 21.0. The van der Waals surface area contributed by atoms with Gasteiger partial charge in [-0.1, -0.05) is 112 Å². The Bertz CT molecular complexity index is 1690. The lowest BCUT2D eigenvalue weighted by molar-refractivity contribution is 0.529. The maximum Gasteiger partial charge on any atom is 0.0433 e. The summed E-state index contributed by atoms with van der Waals surface area (Å²) in [6.45, 7) is 12.9. The predicted octanol–water partition coefficient (Wildman–Crippen LogP) is 10.3. The van der Waals surface area contributed by atoms with Gasteiger partial charge in [0.1, 0.15) is 0 Å². The smallest absolute Gasteiger partial charge is 0.0433 e. The van der Waals surface area contributed by atoms with Gasteiger partial charge < -0.3 is 0 Å². The maximum atomic E-state index is 4.13. The third-order valence-electron chi connectivity index (χ3n) is 8.09. The van der Waals surface area contributed by atoms with E-state index in [1.165, 1.54) is 64.7 Å². The van der Waals surface area contributed by atoms with E-state index >= 15 is 0 Å². The van der Waals surface area contributed by atoms with Gasteiger partial charge in [0.05, 0.1) is 0 Å². The Labute approximate surface area is 217 Å². The van der Waals surface area contributed by atoms with Gasteiger partial charge in [-0.05, 0) is 69.5 Å². The molecular weight excluding hydrogens is 452 g/mol. The zero-order chi connectivity index (χ0) is 24.9. The van der Waals surface area contributed by atoms with Crippen molar-refractivity contribution in [3.8, 4) is 22.3 Å². The van der Waals surface area contributed by atoms with Crippen LogP contribution in [0.4, 0.5) is 0 Å². The van der Waals surface area contributed by atoms with Crippen LogP contribution in [0.1, 0.15) is 31.4 Å². The molecule has 4 aromatic carbocycles. The number of thiophene rings is 1. The fourth-order valence-electron chi connectivity index (χ4n) is 6.02. The molecule has 1 atom stereocenters. The highest BCUT2D eigenvalue weighted by atomic mass is 32.1. The van der Waals surface area contributed by atoms with Crippen molar-refractivity contribution < 1.29 is 0 Å². The van der Waals surface area contributed by atoms with Crippen LogP contribution in [0.2, 0.25) is 0 Å². The molecule has 36 heavy (non-hydrogen) atoms. The molecule has 5 aromatic rings. The Morgan fingerprint density at radius 2 is 1.56 bits per heavy atom. The number of fused-ring (bicyclic) bond motifs is 4. The van der Waals surface area contributed by atoms with Crippen LogP contribution in [0.25, 0.3) is 42.4 Å². The van der Waals surface area contributed by atoms with Gasteiger partial charge in [-0.15, -0.1) is 11.3 Å². The molecule has 1 aliphatic carbocycles. The lowest BCUT2D eigenvalue weighted by Gasteiger charge is -2.38. The Balaban J connectivity index is 1.46. The summed E-state index contributed by atoms with van der Waals surface area (Å²) >= 11 is 1.89. The minimum Gasteiger partial charge on any atom is -0.135 e. The summed E-state index contributed by atoms with van der Waals surface area (Å²) < 4.78 is 2.70. The second-order valence-corrected chi connectivity index (χ2v) is 11.0. The molecule has 1 heteroatoms. The second-order valence-electron chi connectivity index (χ2n) is 9.94. The first-order valence-electron chi connectivity index (χ1n) is 12.7. The van der Waals surface area contributed by atoms with Crippen molar-refractivity contribution in [2.75, 3.05) is 0 Å². The van der Waals surface area contributed by atoms with Crippen molar-refractivity contribution in [1.29, 1.82) is 0 Å². The van der Waals surface area contributed by atoms with Crippen LogP contribution in [0.5, 0.6) is 0 Å². The quantitative estimate of drug-likeness (QED) is 0.234. The fraction of sp³-hybridized carbons (Fsp3) is 0.143. The molecular formula is C35H30S. The minimum atomic E-state index is -0.0317. The van der Waals surface area contributed by atoms with E-state index in [-0.39, 0.29) is 5.41 Å². The number of allylic oxidation sites excluding steroid dienone is 4. The Hall–Kier alpha value is -3.68. The van der Waals surface area contributed by atoms with Gasteiger partial charge >= 0.3 is 0 Å². The first kappa shape index (κ1) is 22.8. The van der Waals surface area contributed by atoms with Crippen LogP contribution in [0.3, 0.4) is 0 Å². The molecule has 0 saturated heterocycles. The zero-order valence-corrected chi connectivity index (χ0v) is 21.8. The largest absolute Gasteiger partial charge is 0.135 e. The summed E-state index contributed by atoms with van der Waals surface area (Å²) in [5, 5.41) is 2.68. The molecule has 0 bridgehead atoms. The molecule has 0 N–H and O–H groups in total. The molecule has 1 aliphatic rings. The second kappa shape index (κ2) is 8.76. The highest BCUT2D eigenvalue weighted by Gasteiger charge is 2.35. The highest BCUT2D eigenvalue weighted by Crippen LogP contribution is 2.46. The first-order chi connectivity index (χ1) is 17.6. The van der Waals surface area contributed by atoms with E-state index in [0.29, 0.717) is 0 Å². The van der Waals surface area contributed by atoms with Crippen molar-refractivity contribution in [2.45, 2.75) is 32.1 Å². The predicted molar refractivity (Wildman–Crippen MR) is 159 cm³/mol. The Morgan fingerprint density at radius 1 is 0.806 bits per heavy atom. The molecule has 1 aromatic heterocycles. The molecule has 6 rings (SSSR count). The molecule has 0 fully saturated rings. The van der Waals surface area contributed by atoms with E-state index in [0.717, 1.165) is 12.8 Å². The average molecular weight is 483 g/mol. The van der Waals surface area contributed by atoms with Crippen LogP contribution in [-0.2, 0) is 11.8 Å². The van der Waals surface area contributed by atoms with Crippen molar-refractivity contribution in [3.05, 3.63) is 133 Å². The number of hydrogen-bond donors (Lipinski definition) is 0. The SMILES string of the molecule is C=CC1=C(C=C)C(C)(CC)c2ccc(-c3cccc(-c4cccc5c4sc4ccccc45)c3)cc2C1. The van der Waals surface area contributed by atoms with Crippen LogP contribution in [0, 0.1) is 0 Å². The van der Waals surface area contributed by atoms with Crippen LogP contribution in [0.15, 0.2) is 121 Å². The van der Waals surface area contributed by atoms with Crippen LogP contribution >= 0.6 is 11.3 Å². The molecule has 0 radical (unpaired) electrons. The summed E-state index contributed by atoms with van der Waals surface area (Å²) in [6, 6.07) is 31.5. The summed E-state index contributed by atoms with van der Waals surface area (Å²) in [4.78, 5) is 0. The molecule has 0 aliphatic heterocycles. The summed E-state index contributed by atoms with van der Waals surface area (Å²) in [5.41, 5.74) is 10.5. The Kier molecular flexibility index (Phi) is 5.54. The van der Waals surface area contributed by atoms with Gasteiger partial charge in [-0.25, -0.2) is 0 Å². The maximum absolute atomic E-state index is 4.13. The van der Waals surface area contributed by atoms with Crippen molar-refractivity contribution in [3.63, 3.8) is 0 Å². The van der Waals surface area contributed by atoms with Gasteiger partial charge in [0.15, 0.2) is 0 Å². The molecule has 0 nitrogen and oxygen atoms in total. The van der Waals surface area contributed by atoms with E-state index in [2.05, 4.69) is 112 Å². The Morgan fingerprint density at radius 3 is 2.36 bits per heavy atom. The number of rotatable bonds is 5. The third kappa shape index (κ3) is 3.42. The molecule has 0 saturated carbocycles. The summed E-state index contributed by atoms with van der Waals surface area (Å²) in [5.74, 6) is 0. The average Bonchev–Trinajstić information content (AvgIpc) is 3.31. The van der Waals surface area contributed by atoms with E-state index in [4.69, 9.17) is 0 Å². The molecule has 0 amide bonds. The fourth-order valence-corrected chi connectivity index (χ4v) is 7.26. The lowest BCUT2D eigenvalue weighted by atomic mass is 9.65. The normalized spacial score (nSPS) is 17.4. The lowest BCUT2D eigenvalue weighted by Crippen LogP contribution is -2.29. The van der Waals surface area contributed by atoms with Crippen molar-refractivity contribution in [1.82, 2.24) is 0 Å². The van der Waals surface area contributed by atoms with E-state index in [1.807, 2.05) is 23.5 Å². The monoisotopic (exact) mass is 482 g/mol. The number of benzene rings is 4. The molecule has 1 heterocycles. The molecule has 176 valence electrons. The van der Waals surface area contributed by atoms with E-state index in [9.17, 15) is 0 Å². The molecule has 0 spiro atoms. The minimum absolute atomic E-state index is 0.0317. The topological polar surface area (TPSA) is 0 Å². The summed E-state index contributed by atoms with van der Waals surface area (Å²) in [6.07, 6.45) is 6.00. The van der Waals surface area contributed by atoms with E-state index < -0.39 is 0 Å². The molecule has 1 unspecified atom stereocenters. The standard InChI is InChI=1S/C35H30S/c1-5-23-20-27-22-25(18-19-32(27)35(4,7-3)31(23)6-2)24-12-10-13-26(21-24)28-15-11-16-30-29-14-8-9-17-33(29)36-34(28)30/h5-6,8-19,21-22H,1-2,7,20H2,3-4H3. The third-order valence-corrected chi connectivity index (χ3v) is 9.31. The van der Waals surface area contributed by atoms with Gasteiger partial charge in [0, 0.05) is 25.6 Å². The van der Waals surface area contributed by atoms with Crippen LogP contribution < -0.4 is 0 Å². The van der Waals surface area contributed by atoms with E-state index in [1.54, 1.807) is 0 Å². The van der Waals surface area contributed by atoms with Gasteiger partial charge in [0.2, 0.25) is 0 Å². The van der Waals surface area contributed by atoms with Crippen LogP contribution in [-0.4, -0.2) is 0 Å². The van der Waals surface area contributed by atoms with Gasteiger partial charge in [-0.2, -0.15) is 0 Å². The van der Waals surface area contributed by atoms with Gasteiger partial charge in [0.25, 0.3) is 0 Å². The van der Waals surface area contributed by atoms with Gasteiger partial charge in [-0.3, -0.25) is 0 Å². The highest BCUT2D eigenvalue weighted by molar-refractivity contribution is 7.26.